The average Bonchev–Trinajstić information content (AvgIpc) is 2.39. The molecule has 3 N–H and O–H groups in total. The zero-order valence-electron chi connectivity index (χ0n) is 10.0. The SMILES string of the molecule is NCC(Nc1ccccc1F)c1ccc(Br)cc1Cl. The van der Waals surface area contributed by atoms with E-state index in [2.05, 4.69) is 21.2 Å². The van der Waals surface area contributed by atoms with Crippen molar-refractivity contribution in [2.45, 2.75) is 6.04 Å². The lowest BCUT2D eigenvalue weighted by Gasteiger charge is -2.20. The molecule has 0 heterocycles. The molecule has 0 aliphatic carbocycles. The molecule has 0 bridgehead atoms. The van der Waals surface area contributed by atoms with Gasteiger partial charge in [0.2, 0.25) is 0 Å². The van der Waals surface area contributed by atoms with Crippen molar-refractivity contribution in [2.24, 2.45) is 5.73 Å². The summed E-state index contributed by atoms with van der Waals surface area (Å²) in [5, 5.41) is 3.67. The fourth-order valence-corrected chi connectivity index (χ4v) is 2.62. The third-order valence-electron chi connectivity index (χ3n) is 2.78. The highest BCUT2D eigenvalue weighted by Gasteiger charge is 2.14. The van der Waals surface area contributed by atoms with E-state index in [1.165, 1.54) is 6.07 Å². The zero-order valence-corrected chi connectivity index (χ0v) is 12.4. The molecule has 2 nitrogen and oxygen atoms in total. The van der Waals surface area contributed by atoms with Crippen molar-refractivity contribution < 1.29 is 4.39 Å². The molecule has 0 saturated carbocycles. The minimum atomic E-state index is -0.311. The van der Waals surface area contributed by atoms with Gasteiger partial charge >= 0.3 is 0 Å². The van der Waals surface area contributed by atoms with Gasteiger partial charge < -0.3 is 11.1 Å². The van der Waals surface area contributed by atoms with Crippen LogP contribution in [0.25, 0.3) is 0 Å². The average molecular weight is 344 g/mol. The van der Waals surface area contributed by atoms with Crippen LogP contribution >= 0.6 is 27.5 Å². The van der Waals surface area contributed by atoms with Crippen LogP contribution < -0.4 is 11.1 Å². The van der Waals surface area contributed by atoms with Crippen LogP contribution in [-0.4, -0.2) is 6.54 Å². The van der Waals surface area contributed by atoms with Crippen LogP contribution in [0.1, 0.15) is 11.6 Å². The zero-order chi connectivity index (χ0) is 13.8. The minimum absolute atomic E-state index is 0.238. The van der Waals surface area contributed by atoms with E-state index in [1.54, 1.807) is 24.3 Å². The Kier molecular flexibility index (Phi) is 4.80. The van der Waals surface area contributed by atoms with Crippen LogP contribution in [-0.2, 0) is 0 Å². The van der Waals surface area contributed by atoms with Gasteiger partial charge in [-0.3, -0.25) is 0 Å². The number of nitrogens with one attached hydrogen (secondary N) is 1. The van der Waals surface area contributed by atoms with E-state index < -0.39 is 0 Å². The van der Waals surface area contributed by atoms with Crippen LogP contribution in [0, 0.1) is 5.82 Å². The van der Waals surface area contributed by atoms with Gasteiger partial charge in [0.25, 0.3) is 0 Å². The van der Waals surface area contributed by atoms with Gasteiger partial charge in [0, 0.05) is 16.0 Å². The second-order valence-electron chi connectivity index (χ2n) is 4.08. The maximum Gasteiger partial charge on any atom is 0.146 e. The molecule has 0 saturated heterocycles. The highest BCUT2D eigenvalue weighted by molar-refractivity contribution is 9.10. The van der Waals surface area contributed by atoms with Crippen molar-refractivity contribution in [1.82, 2.24) is 0 Å². The summed E-state index contributed by atoms with van der Waals surface area (Å²) in [6.07, 6.45) is 0. The van der Waals surface area contributed by atoms with Crippen molar-refractivity contribution >= 4 is 33.2 Å². The van der Waals surface area contributed by atoms with Gasteiger partial charge in [-0.05, 0) is 29.8 Å². The van der Waals surface area contributed by atoms with Gasteiger partial charge in [0.1, 0.15) is 5.82 Å². The molecule has 2 aromatic rings. The summed E-state index contributed by atoms with van der Waals surface area (Å²) in [5.74, 6) is -0.311. The largest absolute Gasteiger partial charge is 0.375 e. The number of halogens is 3. The summed E-state index contributed by atoms with van der Waals surface area (Å²) in [6.45, 7) is 0.315. The van der Waals surface area contributed by atoms with Gasteiger partial charge in [-0.25, -0.2) is 4.39 Å². The molecule has 1 unspecified atom stereocenters. The molecular formula is C14H13BrClFN2. The van der Waals surface area contributed by atoms with E-state index in [0.29, 0.717) is 17.3 Å². The lowest BCUT2D eigenvalue weighted by Crippen LogP contribution is -2.21. The Balaban J connectivity index is 2.28. The fourth-order valence-electron chi connectivity index (χ4n) is 1.81. The summed E-state index contributed by atoms with van der Waals surface area (Å²) in [6, 6.07) is 11.8. The molecule has 0 amide bonds. The highest BCUT2D eigenvalue weighted by Crippen LogP contribution is 2.29. The van der Waals surface area contributed by atoms with Gasteiger partial charge in [-0.2, -0.15) is 0 Å². The Bertz CT molecular complexity index is 577. The Hall–Kier alpha value is -1.10. The van der Waals surface area contributed by atoms with Crippen molar-refractivity contribution in [2.75, 3.05) is 11.9 Å². The normalized spacial score (nSPS) is 12.2. The minimum Gasteiger partial charge on any atom is -0.375 e. The Labute approximate surface area is 124 Å². The van der Waals surface area contributed by atoms with Gasteiger partial charge in [-0.15, -0.1) is 0 Å². The lowest BCUT2D eigenvalue weighted by atomic mass is 10.1. The first-order valence-corrected chi connectivity index (χ1v) is 6.95. The van der Waals surface area contributed by atoms with Crippen molar-refractivity contribution in [3.63, 3.8) is 0 Å². The van der Waals surface area contributed by atoms with Crippen LogP contribution in [0.5, 0.6) is 0 Å². The molecule has 0 spiro atoms. The third kappa shape index (κ3) is 3.47. The Morgan fingerprint density at radius 3 is 2.63 bits per heavy atom. The molecule has 0 fully saturated rings. The number of rotatable bonds is 4. The summed E-state index contributed by atoms with van der Waals surface area (Å²) in [7, 11) is 0. The monoisotopic (exact) mass is 342 g/mol. The predicted octanol–water partition coefficient (Wildman–Crippen LogP) is 4.35. The van der Waals surface area contributed by atoms with Gasteiger partial charge in [-0.1, -0.05) is 45.7 Å². The van der Waals surface area contributed by atoms with E-state index in [4.69, 9.17) is 17.3 Å². The van der Waals surface area contributed by atoms with E-state index in [9.17, 15) is 4.39 Å². The lowest BCUT2D eigenvalue weighted by molar-refractivity contribution is 0.626. The standard InChI is InChI=1S/C14H13BrClFN2/c15-9-5-6-10(11(16)7-9)14(8-18)19-13-4-2-1-3-12(13)17/h1-7,14,19H,8,18H2. The summed E-state index contributed by atoms with van der Waals surface area (Å²) >= 11 is 9.54. The summed E-state index contributed by atoms with van der Waals surface area (Å²) in [4.78, 5) is 0. The first-order valence-electron chi connectivity index (χ1n) is 5.78. The number of anilines is 1. The fraction of sp³-hybridized carbons (Fsp3) is 0.143. The first-order chi connectivity index (χ1) is 9.11. The molecule has 19 heavy (non-hydrogen) atoms. The van der Waals surface area contributed by atoms with Crippen molar-refractivity contribution in [1.29, 1.82) is 0 Å². The van der Waals surface area contributed by atoms with Crippen LogP contribution in [0.4, 0.5) is 10.1 Å². The molecule has 0 aromatic heterocycles. The van der Waals surface area contributed by atoms with E-state index >= 15 is 0 Å². The number of nitrogens with two attached hydrogens (primary N) is 1. The summed E-state index contributed by atoms with van der Waals surface area (Å²) in [5.41, 5.74) is 7.01. The van der Waals surface area contributed by atoms with Crippen LogP contribution in [0.3, 0.4) is 0 Å². The van der Waals surface area contributed by atoms with Crippen LogP contribution in [0.2, 0.25) is 5.02 Å². The predicted molar refractivity (Wildman–Crippen MR) is 81.0 cm³/mol. The van der Waals surface area contributed by atoms with Gasteiger partial charge in [0.05, 0.1) is 11.7 Å². The summed E-state index contributed by atoms with van der Waals surface area (Å²) < 4.78 is 14.5. The van der Waals surface area contributed by atoms with Crippen molar-refractivity contribution in [3.8, 4) is 0 Å². The van der Waals surface area contributed by atoms with Crippen molar-refractivity contribution in [3.05, 3.63) is 63.3 Å². The number of hydrogen-bond acceptors (Lipinski definition) is 2. The second-order valence-corrected chi connectivity index (χ2v) is 5.40. The number of para-hydroxylation sites is 1. The molecule has 2 rings (SSSR count). The molecule has 0 aliphatic heterocycles. The molecule has 1 atom stereocenters. The highest BCUT2D eigenvalue weighted by atomic mass is 79.9. The molecule has 100 valence electrons. The molecule has 2 aromatic carbocycles. The smallest absolute Gasteiger partial charge is 0.146 e. The second kappa shape index (κ2) is 6.37. The quantitative estimate of drug-likeness (QED) is 0.866. The van der Waals surface area contributed by atoms with E-state index in [1.807, 2.05) is 12.1 Å². The first kappa shape index (κ1) is 14.3. The number of benzene rings is 2. The van der Waals surface area contributed by atoms with Gasteiger partial charge in [0.15, 0.2) is 0 Å². The Morgan fingerprint density at radius 1 is 1.26 bits per heavy atom. The Morgan fingerprint density at radius 2 is 2.00 bits per heavy atom. The molecular weight excluding hydrogens is 331 g/mol. The topological polar surface area (TPSA) is 38.0 Å². The third-order valence-corrected chi connectivity index (χ3v) is 3.60. The molecule has 0 radical (unpaired) electrons. The number of hydrogen-bond donors (Lipinski definition) is 2. The molecule has 5 heteroatoms. The maximum absolute atomic E-state index is 13.6. The molecule has 0 aliphatic rings. The van der Waals surface area contributed by atoms with Crippen LogP contribution in [0.15, 0.2) is 46.9 Å². The van der Waals surface area contributed by atoms with E-state index in [0.717, 1.165) is 10.0 Å². The van der Waals surface area contributed by atoms with E-state index in [-0.39, 0.29) is 11.9 Å². The maximum atomic E-state index is 13.6.